The third-order valence-electron chi connectivity index (χ3n) is 6.13. The highest BCUT2D eigenvalue weighted by Gasteiger charge is 2.37. The van der Waals surface area contributed by atoms with Crippen LogP contribution in [0.25, 0.3) is 11.3 Å². The monoisotopic (exact) mass is 381 g/mol. The van der Waals surface area contributed by atoms with E-state index in [0.29, 0.717) is 11.9 Å². The van der Waals surface area contributed by atoms with Gasteiger partial charge < -0.3 is 21.1 Å². The lowest BCUT2D eigenvalue weighted by Gasteiger charge is -2.37. The van der Waals surface area contributed by atoms with Crippen LogP contribution in [-0.2, 0) is 11.8 Å². The van der Waals surface area contributed by atoms with Crippen molar-refractivity contribution in [1.29, 1.82) is 0 Å². The molecule has 6 heteroatoms. The topological polar surface area (TPSA) is 90.3 Å². The number of ether oxygens (including phenoxy) is 1. The molecule has 1 aromatic heterocycles. The molecule has 4 rings (SSSR count). The van der Waals surface area contributed by atoms with E-state index in [1.807, 2.05) is 0 Å². The van der Waals surface area contributed by atoms with Crippen LogP contribution in [0.3, 0.4) is 0 Å². The number of anilines is 2. The van der Waals surface area contributed by atoms with Crippen molar-refractivity contribution in [2.24, 2.45) is 5.73 Å². The molecule has 0 saturated heterocycles. The van der Waals surface area contributed by atoms with Gasteiger partial charge in [-0.2, -0.15) is 0 Å². The molecule has 1 saturated carbocycles. The van der Waals surface area contributed by atoms with Crippen LogP contribution in [0, 0.1) is 0 Å². The fraction of sp³-hybridized carbons (Fsp3) is 0.545. The summed E-state index contributed by atoms with van der Waals surface area (Å²) in [5.41, 5.74) is 17.7. The van der Waals surface area contributed by atoms with Gasteiger partial charge >= 0.3 is 0 Å². The summed E-state index contributed by atoms with van der Waals surface area (Å²) < 4.78 is 6.49. The average Bonchev–Trinajstić information content (AvgIpc) is 2.62. The lowest BCUT2D eigenvalue weighted by atomic mass is 9.71. The summed E-state index contributed by atoms with van der Waals surface area (Å²) in [6.07, 6.45) is 6.76. The van der Waals surface area contributed by atoms with Gasteiger partial charge in [0.15, 0.2) is 0 Å². The molecule has 2 aliphatic carbocycles. The van der Waals surface area contributed by atoms with Crippen LogP contribution in [0.15, 0.2) is 18.5 Å². The van der Waals surface area contributed by atoms with Gasteiger partial charge in [-0.05, 0) is 55.2 Å². The van der Waals surface area contributed by atoms with Gasteiger partial charge in [0.2, 0.25) is 0 Å². The molecule has 28 heavy (non-hydrogen) atoms. The fourth-order valence-corrected chi connectivity index (χ4v) is 4.79. The Morgan fingerprint density at radius 1 is 1.11 bits per heavy atom. The SMILES string of the molecule is CN(C)c1c(OC2CCC(N)CC2)ccc2c1CC(C)(C)c1c(N)ncnc1-2. The van der Waals surface area contributed by atoms with E-state index in [9.17, 15) is 0 Å². The third-order valence-corrected chi connectivity index (χ3v) is 6.13. The van der Waals surface area contributed by atoms with Crippen molar-refractivity contribution in [3.05, 3.63) is 29.6 Å². The van der Waals surface area contributed by atoms with Gasteiger partial charge in [-0.25, -0.2) is 9.97 Å². The Balaban J connectivity index is 1.80. The van der Waals surface area contributed by atoms with Gasteiger partial charge in [-0.1, -0.05) is 13.8 Å². The molecule has 6 nitrogen and oxygen atoms in total. The van der Waals surface area contributed by atoms with E-state index >= 15 is 0 Å². The number of rotatable bonds is 3. The van der Waals surface area contributed by atoms with E-state index < -0.39 is 0 Å². The van der Waals surface area contributed by atoms with Crippen LogP contribution in [0.1, 0.15) is 50.7 Å². The van der Waals surface area contributed by atoms with Crippen molar-refractivity contribution in [2.75, 3.05) is 24.7 Å². The first-order valence-corrected chi connectivity index (χ1v) is 10.1. The summed E-state index contributed by atoms with van der Waals surface area (Å²) >= 11 is 0. The van der Waals surface area contributed by atoms with Crippen LogP contribution in [-0.4, -0.2) is 36.2 Å². The maximum absolute atomic E-state index is 6.49. The lowest BCUT2D eigenvalue weighted by Crippen LogP contribution is -2.32. The van der Waals surface area contributed by atoms with E-state index in [-0.39, 0.29) is 11.5 Å². The zero-order valence-electron chi connectivity index (χ0n) is 17.3. The number of hydrogen-bond acceptors (Lipinski definition) is 6. The number of nitrogens with zero attached hydrogens (tertiary/aromatic N) is 3. The zero-order chi connectivity index (χ0) is 20.1. The summed E-state index contributed by atoms with van der Waals surface area (Å²) in [4.78, 5) is 11.0. The molecule has 0 aliphatic heterocycles. The molecule has 2 aliphatic rings. The van der Waals surface area contributed by atoms with Crippen LogP contribution in [0.5, 0.6) is 5.75 Å². The molecule has 0 atom stereocenters. The van der Waals surface area contributed by atoms with Crippen molar-refractivity contribution in [1.82, 2.24) is 9.97 Å². The van der Waals surface area contributed by atoms with Crippen LogP contribution < -0.4 is 21.1 Å². The Kier molecular flexibility index (Phi) is 4.70. The Morgan fingerprint density at radius 3 is 2.50 bits per heavy atom. The minimum Gasteiger partial charge on any atom is -0.488 e. The summed E-state index contributed by atoms with van der Waals surface area (Å²) in [5, 5.41) is 0. The van der Waals surface area contributed by atoms with Gasteiger partial charge in [0.1, 0.15) is 17.9 Å². The minimum atomic E-state index is -0.144. The molecule has 150 valence electrons. The van der Waals surface area contributed by atoms with Gasteiger partial charge in [-0.3, -0.25) is 0 Å². The third kappa shape index (κ3) is 3.20. The summed E-state index contributed by atoms with van der Waals surface area (Å²) in [6, 6.07) is 4.54. The molecule has 1 aromatic carbocycles. The second-order valence-corrected chi connectivity index (χ2v) is 9.03. The van der Waals surface area contributed by atoms with Gasteiger partial charge in [0.25, 0.3) is 0 Å². The number of fused-ring (bicyclic) bond motifs is 3. The highest BCUT2D eigenvalue weighted by atomic mass is 16.5. The first-order chi connectivity index (χ1) is 13.3. The first-order valence-electron chi connectivity index (χ1n) is 10.1. The Labute approximate surface area is 167 Å². The summed E-state index contributed by atoms with van der Waals surface area (Å²) in [7, 11) is 4.16. The number of nitrogen functional groups attached to an aromatic ring is 1. The molecule has 0 bridgehead atoms. The van der Waals surface area contributed by atoms with E-state index in [1.54, 1.807) is 6.33 Å². The van der Waals surface area contributed by atoms with Crippen molar-refractivity contribution in [2.45, 2.75) is 63.5 Å². The first kappa shape index (κ1) is 19.0. The summed E-state index contributed by atoms with van der Waals surface area (Å²) in [5.74, 6) is 1.52. The van der Waals surface area contributed by atoms with Crippen LogP contribution >= 0.6 is 0 Å². The van der Waals surface area contributed by atoms with Crippen molar-refractivity contribution in [3.63, 3.8) is 0 Å². The second kappa shape index (κ2) is 6.92. The van der Waals surface area contributed by atoms with Crippen molar-refractivity contribution >= 4 is 11.5 Å². The Bertz CT molecular complexity index is 885. The van der Waals surface area contributed by atoms with Crippen LogP contribution in [0.4, 0.5) is 11.5 Å². The molecular formula is C22H31N5O. The molecule has 2 aromatic rings. The van der Waals surface area contributed by atoms with E-state index in [1.165, 1.54) is 5.56 Å². The second-order valence-electron chi connectivity index (χ2n) is 9.03. The van der Waals surface area contributed by atoms with E-state index in [4.69, 9.17) is 16.2 Å². The smallest absolute Gasteiger partial charge is 0.143 e. The van der Waals surface area contributed by atoms with E-state index in [0.717, 1.165) is 60.4 Å². The fourth-order valence-electron chi connectivity index (χ4n) is 4.79. The number of hydrogen-bond donors (Lipinski definition) is 2. The molecule has 4 N–H and O–H groups in total. The average molecular weight is 382 g/mol. The Morgan fingerprint density at radius 2 is 1.82 bits per heavy atom. The van der Waals surface area contributed by atoms with Crippen LogP contribution in [0.2, 0.25) is 0 Å². The minimum absolute atomic E-state index is 0.144. The molecule has 0 spiro atoms. The highest BCUT2D eigenvalue weighted by molar-refractivity contribution is 5.83. The predicted octanol–water partition coefficient (Wildman–Crippen LogP) is 3.27. The predicted molar refractivity (Wildman–Crippen MR) is 114 cm³/mol. The van der Waals surface area contributed by atoms with Crippen molar-refractivity contribution in [3.8, 4) is 17.0 Å². The maximum Gasteiger partial charge on any atom is 0.143 e. The molecule has 1 fully saturated rings. The molecule has 0 amide bonds. The molecule has 0 radical (unpaired) electrons. The Hall–Kier alpha value is -2.34. The van der Waals surface area contributed by atoms with Gasteiger partial charge in [0.05, 0.1) is 17.5 Å². The molecular weight excluding hydrogens is 350 g/mol. The number of nitrogens with two attached hydrogens (primary N) is 2. The molecule has 0 unspecified atom stereocenters. The standard InChI is InChI=1S/C22H31N5O/c1-22(2)11-16-15(19-18(22)21(24)26-12-25-19)9-10-17(20(16)27(3)4)28-14-7-5-13(23)6-8-14/h9-10,12-14H,5-8,11,23H2,1-4H3,(H2,24,25,26). The lowest BCUT2D eigenvalue weighted by molar-refractivity contribution is 0.147. The van der Waals surface area contributed by atoms with Crippen molar-refractivity contribution < 1.29 is 4.74 Å². The zero-order valence-corrected chi connectivity index (χ0v) is 17.3. The normalized spacial score (nSPS) is 22.9. The number of aromatic nitrogens is 2. The molecule has 1 heterocycles. The maximum atomic E-state index is 6.49. The van der Waals surface area contributed by atoms with E-state index in [2.05, 4.69) is 54.9 Å². The van der Waals surface area contributed by atoms with Gasteiger partial charge in [-0.15, -0.1) is 0 Å². The number of benzene rings is 1. The highest BCUT2D eigenvalue weighted by Crippen LogP contribution is 2.49. The quantitative estimate of drug-likeness (QED) is 0.848. The van der Waals surface area contributed by atoms with Gasteiger partial charge in [0, 0.05) is 31.3 Å². The summed E-state index contributed by atoms with van der Waals surface area (Å²) in [6.45, 7) is 4.42. The largest absolute Gasteiger partial charge is 0.488 e.